The van der Waals surface area contributed by atoms with Crippen LogP contribution in [-0.4, -0.2) is 0 Å². The second-order valence-corrected chi connectivity index (χ2v) is 19.4. The van der Waals surface area contributed by atoms with Gasteiger partial charge in [-0.2, -0.15) is 0 Å². The maximum absolute atomic E-state index is 3.44. The van der Waals surface area contributed by atoms with E-state index < -0.39 is 0 Å². The van der Waals surface area contributed by atoms with Crippen LogP contribution in [0.2, 0.25) is 0 Å². The molecule has 0 nitrogen and oxygen atoms in total. The average molecular weight is 841 g/mol. The summed E-state index contributed by atoms with van der Waals surface area (Å²) in [6.07, 6.45) is 45.6. The number of rotatable bonds is 32. The largest absolute Gasteiger partial charge is 0.127 e. The van der Waals surface area contributed by atoms with Gasteiger partial charge in [0.05, 0.1) is 9.75 Å². The van der Waals surface area contributed by atoms with Gasteiger partial charge in [0.2, 0.25) is 0 Å². The summed E-state index contributed by atoms with van der Waals surface area (Å²) in [5.41, 5.74) is 4.94. The van der Waals surface area contributed by atoms with Gasteiger partial charge in [-0.1, -0.05) is 265 Å². The highest BCUT2D eigenvalue weighted by molar-refractivity contribution is 7.16. The van der Waals surface area contributed by atoms with E-state index in [4.69, 9.17) is 0 Å². The Hall–Kier alpha value is -3.30. The maximum Gasteiger partial charge on any atom is 0.0775 e. The van der Waals surface area contributed by atoms with Crippen molar-refractivity contribution in [3.8, 4) is 44.6 Å². The summed E-state index contributed by atoms with van der Waals surface area (Å²) >= 11 is 3.61. The molecule has 0 bridgehead atoms. The van der Waals surface area contributed by atoms with Crippen LogP contribution >= 0.6 is 22.7 Å². The van der Waals surface area contributed by atoms with Crippen molar-refractivity contribution in [2.45, 2.75) is 206 Å². The second kappa shape index (κ2) is 33.3. The molecule has 0 fully saturated rings. The van der Waals surface area contributed by atoms with Gasteiger partial charge < -0.3 is 0 Å². The Morgan fingerprint density at radius 3 is 0.917 bits per heavy atom. The van der Waals surface area contributed by atoms with Crippen molar-refractivity contribution in [1.29, 1.82) is 0 Å². The van der Waals surface area contributed by atoms with Crippen LogP contribution in [-0.2, 0) is 0 Å². The Morgan fingerprint density at radius 1 is 0.333 bits per heavy atom. The molecule has 0 N–H and O–H groups in total. The molecule has 0 spiro atoms. The molecule has 0 unspecified atom stereocenters. The Bertz CT molecular complexity index is 1660. The molecule has 60 heavy (non-hydrogen) atoms. The standard InChI is InChI=1S/C58H80S2/c1-3-5-7-9-11-13-15-17-19-21-23-25-27-29-31-33-35-55-47-49-57(59-55)53-43-39-51(40-44-53)37-38-52-41-45-54(46-42-52)58-50-48-56(60-58)36-34-32-30-28-26-24-22-20-18-16-14-12-10-8-6-4-2/h37-50H,3-32H2,1-2H3. The van der Waals surface area contributed by atoms with Crippen molar-refractivity contribution in [1.82, 2.24) is 0 Å². The SMILES string of the molecule is CCCCCCCCCCCCCCCCC#Cc1ccc(-c2ccc(C=Cc3ccc(-c4ccc(C#CCCCCCCCCCCCCCCCC)s4)cc3)cc2)s1. The van der Waals surface area contributed by atoms with E-state index in [1.165, 1.54) is 222 Å². The van der Waals surface area contributed by atoms with E-state index in [1.807, 2.05) is 0 Å². The lowest BCUT2D eigenvalue weighted by molar-refractivity contribution is 0.536. The van der Waals surface area contributed by atoms with Crippen molar-refractivity contribution >= 4 is 34.8 Å². The van der Waals surface area contributed by atoms with Gasteiger partial charge in [-0.3, -0.25) is 0 Å². The predicted molar refractivity (Wildman–Crippen MR) is 272 cm³/mol. The first-order valence-electron chi connectivity index (χ1n) is 24.8. The zero-order chi connectivity index (χ0) is 42.0. The Kier molecular flexibility index (Phi) is 27.4. The van der Waals surface area contributed by atoms with Gasteiger partial charge in [-0.25, -0.2) is 0 Å². The third-order valence-corrected chi connectivity index (χ3v) is 13.9. The molecule has 0 aliphatic heterocycles. The first-order valence-corrected chi connectivity index (χ1v) is 26.4. The zero-order valence-corrected chi connectivity index (χ0v) is 39.7. The highest BCUT2D eigenvalue weighted by Crippen LogP contribution is 2.30. The molecule has 2 heterocycles. The molecule has 4 aromatic rings. The molecule has 0 saturated heterocycles. The third kappa shape index (κ3) is 22.5. The van der Waals surface area contributed by atoms with Crippen LogP contribution in [0.1, 0.15) is 227 Å². The Balaban J connectivity index is 1.04. The molecule has 0 saturated carbocycles. The normalized spacial score (nSPS) is 11.2. The number of hydrogen-bond acceptors (Lipinski definition) is 2. The number of unbranched alkanes of at least 4 members (excludes halogenated alkanes) is 28. The van der Waals surface area contributed by atoms with Gasteiger partial charge in [-0.05, 0) is 59.4 Å². The van der Waals surface area contributed by atoms with Gasteiger partial charge in [0.25, 0.3) is 0 Å². The van der Waals surface area contributed by atoms with E-state index in [2.05, 4.69) is 122 Å². The first-order chi connectivity index (χ1) is 29.7. The molecule has 0 amide bonds. The van der Waals surface area contributed by atoms with Crippen LogP contribution in [0, 0.1) is 23.7 Å². The average Bonchev–Trinajstić information content (AvgIpc) is 3.96. The van der Waals surface area contributed by atoms with Crippen LogP contribution < -0.4 is 0 Å². The van der Waals surface area contributed by atoms with Crippen LogP contribution in [0.3, 0.4) is 0 Å². The van der Waals surface area contributed by atoms with Crippen molar-refractivity contribution in [3.05, 3.63) is 93.7 Å². The summed E-state index contributed by atoms with van der Waals surface area (Å²) in [4.78, 5) is 4.92. The molecule has 4 rings (SSSR count). The zero-order valence-electron chi connectivity index (χ0n) is 38.1. The fourth-order valence-corrected chi connectivity index (χ4v) is 9.72. The number of thiophene rings is 2. The van der Waals surface area contributed by atoms with Crippen LogP contribution in [0.4, 0.5) is 0 Å². The van der Waals surface area contributed by atoms with Gasteiger partial charge in [0.15, 0.2) is 0 Å². The van der Waals surface area contributed by atoms with E-state index in [0.717, 1.165) is 12.8 Å². The van der Waals surface area contributed by atoms with Crippen LogP contribution in [0.5, 0.6) is 0 Å². The lowest BCUT2D eigenvalue weighted by atomic mass is 10.0. The van der Waals surface area contributed by atoms with Gasteiger partial charge in [-0.15, -0.1) is 22.7 Å². The first kappa shape index (κ1) is 49.4. The molecule has 2 aromatic carbocycles. The van der Waals surface area contributed by atoms with Gasteiger partial charge in [0, 0.05) is 22.6 Å². The minimum atomic E-state index is 1.01. The maximum atomic E-state index is 3.44. The molecule has 0 atom stereocenters. The van der Waals surface area contributed by atoms with Crippen molar-refractivity contribution in [3.63, 3.8) is 0 Å². The molecular formula is C58H80S2. The monoisotopic (exact) mass is 841 g/mol. The summed E-state index contributed by atoms with van der Waals surface area (Å²) < 4.78 is 0. The number of benzene rings is 2. The predicted octanol–water partition coefficient (Wildman–Crippen LogP) is 19.8. The minimum absolute atomic E-state index is 1.01. The third-order valence-electron chi connectivity index (χ3n) is 11.8. The van der Waals surface area contributed by atoms with Crippen molar-refractivity contribution < 1.29 is 0 Å². The second-order valence-electron chi connectivity index (χ2n) is 17.2. The minimum Gasteiger partial charge on any atom is -0.127 e. The van der Waals surface area contributed by atoms with Crippen LogP contribution in [0.15, 0.2) is 72.8 Å². The van der Waals surface area contributed by atoms with E-state index in [9.17, 15) is 0 Å². The molecule has 0 radical (unpaired) electrons. The smallest absolute Gasteiger partial charge is 0.0775 e. The fraction of sp³-hybridized carbons (Fsp3) is 0.552. The van der Waals surface area contributed by atoms with Crippen molar-refractivity contribution in [2.24, 2.45) is 0 Å². The van der Waals surface area contributed by atoms with Gasteiger partial charge >= 0.3 is 0 Å². The molecular weight excluding hydrogens is 761 g/mol. The summed E-state index contributed by atoms with van der Waals surface area (Å²) in [6.45, 7) is 4.59. The molecule has 0 aliphatic carbocycles. The van der Waals surface area contributed by atoms with Crippen molar-refractivity contribution in [2.75, 3.05) is 0 Å². The summed E-state index contributed by atoms with van der Waals surface area (Å²) in [5, 5.41) is 0. The topological polar surface area (TPSA) is 0 Å². The summed E-state index contributed by atoms with van der Waals surface area (Å²) in [7, 11) is 0. The highest BCUT2D eigenvalue weighted by Gasteiger charge is 2.04. The van der Waals surface area contributed by atoms with Gasteiger partial charge in [0.1, 0.15) is 0 Å². The Morgan fingerprint density at radius 2 is 0.617 bits per heavy atom. The van der Waals surface area contributed by atoms with E-state index in [1.54, 1.807) is 22.7 Å². The molecule has 2 aromatic heterocycles. The van der Waals surface area contributed by atoms with E-state index in [-0.39, 0.29) is 0 Å². The molecule has 324 valence electrons. The van der Waals surface area contributed by atoms with Crippen LogP contribution in [0.25, 0.3) is 33.0 Å². The quantitative estimate of drug-likeness (QED) is 0.0261. The lowest BCUT2D eigenvalue weighted by Gasteiger charge is -2.02. The molecule has 0 aliphatic rings. The summed E-state index contributed by atoms with van der Waals surface area (Å²) in [6, 6.07) is 26.6. The number of hydrogen-bond donors (Lipinski definition) is 0. The highest BCUT2D eigenvalue weighted by atomic mass is 32.1. The molecule has 2 heteroatoms. The fourth-order valence-electron chi connectivity index (χ4n) is 7.94. The summed E-state index contributed by atoms with van der Waals surface area (Å²) in [5.74, 6) is 13.7. The lowest BCUT2D eigenvalue weighted by Crippen LogP contribution is -1.83. The Labute approximate surface area is 377 Å². The van der Waals surface area contributed by atoms with E-state index in [0.29, 0.717) is 0 Å². The van der Waals surface area contributed by atoms with E-state index >= 15 is 0 Å².